The minimum absolute atomic E-state index is 0.143. The molecule has 1 amide bonds. The van der Waals surface area contributed by atoms with Gasteiger partial charge in [-0.3, -0.25) is 14.9 Å². The van der Waals surface area contributed by atoms with Gasteiger partial charge in [0.1, 0.15) is 22.8 Å². The van der Waals surface area contributed by atoms with Crippen LogP contribution in [-0.2, 0) is 4.79 Å². The number of carbonyl (C=O) groups excluding carboxylic acids is 1. The summed E-state index contributed by atoms with van der Waals surface area (Å²) in [6.07, 6.45) is 6.38. The molecule has 11 heteroatoms. The third kappa shape index (κ3) is 4.58. The molecule has 39 heavy (non-hydrogen) atoms. The van der Waals surface area contributed by atoms with E-state index in [1.807, 2.05) is 13.8 Å². The van der Waals surface area contributed by atoms with Crippen molar-refractivity contribution in [3.05, 3.63) is 72.8 Å². The molecule has 3 N–H and O–H groups in total. The fourth-order valence-electron chi connectivity index (χ4n) is 4.45. The van der Waals surface area contributed by atoms with Crippen LogP contribution in [0.25, 0.3) is 56.0 Å². The van der Waals surface area contributed by atoms with Gasteiger partial charge in [0, 0.05) is 41.7 Å². The number of aromatic amines is 2. The van der Waals surface area contributed by atoms with E-state index in [-0.39, 0.29) is 39.9 Å². The Kier molecular flexibility index (Phi) is 6.02. The highest BCUT2D eigenvalue weighted by Crippen LogP contribution is 2.34. The first-order chi connectivity index (χ1) is 18.9. The second kappa shape index (κ2) is 9.67. The Bertz CT molecular complexity index is 1840. The molecule has 0 fully saturated rings. The lowest BCUT2D eigenvalue weighted by atomic mass is 10.1. The van der Waals surface area contributed by atoms with Gasteiger partial charge in [0.15, 0.2) is 17.1 Å². The van der Waals surface area contributed by atoms with Crippen LogP contribution < -0.4 is 5.32 Å². The molecule has 5 aromatic heterocycles. The number of hydrogen-bond acceptors (Lipinski definition) is 6. The highest BCUT2D eigenvalue weighted by Gasteiger charge is 2.22. The summed E-state index contributed by atoms with van der Waals surface area (Å²) in [4.78, 5) is 32.9. The number of halogens is 2. The van der Waals surface area contributed by atoms with Gasteiger partial charge in [-0.1, -0.05) is 26.0 Å². The van der Waals surface area contributed by atoms with Crippen molar-refractivity contribution in [1.82, 2.24) is 35.1 Å². The predicted octanol–water partition coefficient (Wildman–Crippen LogP) is 5.89. The summed E-state index contributed by atoms with van der Waals surface area (Å²) >= 11 is 0. The number of carbonyl (C=O) groups is 1. The summed E-state index contributed by atoms with van der Waals surface area (Å²) in [5.41, 5.74) is 4.08. The van der Waals surface area contributed by atoms with Crippen molar-refractivity contribution in [2.24, 2.45) is 5.92 Å². The van der Waals surface area contributed by atoms with Crippen LogP contribution in [0, 0.1) is 17.6 Å². The number of imidazole rings is 1. The average molecular weight is 525 g/mol. The number of H-pyrrole nitrogens is 2. The Morgan fingerprint density at radius 2 is 1.79 bits per heavy atom. The smallest absolute Gasteiger partial charge is 0.224 e. The van der Waals surface area contributed by atoms with Crippen LogP contribution in [0.15, 0.2) is 61.2 Å². The van der Waals surface area contributed by atoms with Gasteiger partial charge in [-0.05, 0) is 35.7 Å². The van der Waals surface area contributed by atoms with Gasteiger partial charge >= 0.3 is 0 Å². The van der Waals surface area contributed by atoms with Gasteiger partial charge in [0.2, 0.25) is 5.91 Å². The lowest BCUT2D eigenvalue weighted by Crippen LogP contribution is -2.14. The molecule has 0 atom stereocenters. The quantitative estimate of drug-likeness (QED) is 0.250. The van der Waals surface area contributed by atoms with Crippen molar-refractivity contribution in [2.75, 3.05) is 5.32 Å². The number of fused-ring (bicyclic) bond motifs is 2. The Morgan fingerprint density at radius 1 is 0.974 bits per heavy atom. The second-order valence-electron chi connectivity index (χ2n) is 9.54. The standard InChI is InChI=1S/C28H22F2N8O/c1-14(2)9-21(39)34-18-10-16(11-31-12-18)20-13-33-26-22(23(20)30)25(37-38-26)28-35-24-19(7-8-32-27(24)36-28)15-3-5-17(29)6-4-15/h3-8,10-14H,9H2,1-2H3,(H,34,39)(H,32,35,36)(H,33,37,38). The van der Waals surface area contributed by atoms with Crippen LogP contribution in [0.1, 0.15) is 20.3 Å². The number of nitrogens with one attached hydrogen (secondary N) is 3. The number of hydrogen-bond donors (Lipinski definition) is 3. The normalized spacial score (nSPS) is 11.5. The van der Waals surface area contributed by atoms with E-state index in [0.29, 0.717) is 34.7 Å². The number of pyridine rings is 3. The van der Waals surface area contributed by atoms with Crippen molar-refractivity contribution in [3.8, 4) is 33.8 Å². The van der Waals surface area contributed by atoms with Gasteiger partial charge in [-0.15, -0.1) is 0 Å². The molecule has 6 rings (SSSR count). The molecular weight excluding hydrogens is 502 g/mol. The first-order valence-electron chi connectivity index (χ1n) is 12.3. The molecule has 0 radical (unpaired) electrons. The third-order valence-corrected chi connectivity index (χ3v) is 6.22. The summed E-state index contributed by atoms with van der Waals surface area (Å²) in [6, 6.07) is 9.49. The topological polar surface area (TPSA) is 125 Å². The molecule has 0 bridgehead atoms. The number of anilines is 1. The maximum absolute atomic E-state index is 16.0. The SMILES string of the molecule is CC(C)CC(=O)Nc1cncc(-c2cnc3[nH]nc(-c4nc5c(-c6ccc(F)cc6)ccnc5[nH]4)c3c2F)c1. The van der Waals surface area contributed by atoms with Gasteiger partial charge in [-0.25, -0.2) is 23.7 Å². The summed E-state index contributed by atoms with van der Waals surface area (Å²) in [5, 5.41) is 9.99. The number of rotatable bonds is 6. The molecule has 0 aliphatic carbocycles. The first-order valence-corrected chi connectivity index (χ1v) is 12.3. The molecular formula is C28H22F2N8O. The minimum atomic E-state index is -0.566. The predicted molar refractivity (Wildman–Crippen MR) is 143 cm³/mol. The van der Waals surface area contributed by atoms with Crippen LogP contribution in [0.2, 0.25) is 0 Å². The van der Waals surface area contributed by atoms with E-state index in [0.717, 1.165) is 11.1 Å². The summed E-state index contributed by atoms with van der Waals surface area (Å²) < 4.78 is 29.5. The van der Waals surface area contributed by atoms with E-state index in [4.69, 9.17) is 0 Å². The van der Waals surface area contributed by atoms with Gasteiger partial charge in [-0.2, -0.15) is 5.10 Å². The zero-order valence-electron chi connectivity index (χ0n) is 21.0. The lowest BCUT2D eigenvalue weighted by Gasteiger charge is -2.09. The maximum atomic E-state index is 16.0. The number of amides is 1. The van der Waals surface area contributed by atoms with E-state index < -0.39 is 5.82 Å². The lowest BCUT2D eigenvalue weighted by molar-refractivity contribution is -0.116. The summed E-state index contributed by atoms with van der Waals surface area (Å²) in [5.74, 6) is -0.557. The second-order valence-corrected chi connectivity index (χ2v) is 9.54. The number of aromatic nitrogens is 7. The Labute approximate surface area is 220 Å². The monoisotopic (exact) mass is 524 g/mol. The van der Waals surface area contributed by atoms with Crippen molar-refractivity contribution in [1.29, 1.82) is 0 Å². The van der Waals surface area contributed by atoms with E-state index in [2.05, 4.69) is 40.4 Å². The molecule has 194 valence electrons. The van der Waals surface area contributed by atoms with Crippen molar-refractivity contribution >= 4 is 33.8 Å². The summed E-state index contributed by atoms with van der Waals surface area (Å²) in [6.45, 7) is 3.91. The van der Waals surface area contributed by atoms with Crippen molar-refractivity contribution in [2.45, 2.75) is 20.3 Å². The molecule has 0 saturated heterocycles. The molecule has 6 aromatic rings. The van der Waals surface area contributed by atoms with E-state index in [1.165, 1.54) is 30.7 Å². The number of nitrogens with zero attached hydrogens (tertiary/aromatic N) is 5. The van der Waals surface area contributed by atoms with Gasteiger partial charge in [0.25, 0.3) is 0 Å². The molecule has 5 heterocycles. The zero-order valence-corrected chi connectivity index (χ0v) is 21.0. The van der Waals surface area contributed by atoms with Crippen LogP contribution in [0.3, 0.4) is 0 Å². The summed E-state index contributed by atoms with van der Waals surface area (Å²) in [7, 11) is 0. The van der Waals surface area contributed by atoms with Crippen molar-refractivity contribution in [3.63, 3.8) is 0 Å². The molecule has 0 aliphatic rings. The minimum Gasteiger partial charge on any atom is -0.325 e. The molecule has 0 aliphatic heterocycles. The fourth-order valence-corrected chi connectivity index (χ4v) is 4.45. The molecule has 0 unspecified atom stereocenters. The van der Waals surface area contributed by atoms with Crippen molar-refractivity contribution < 1.29 is 13.6 Å². The van der Waals surface area contributed by atoms with Crippen LogP contribution in [0.5, 0.6) is 0 Å². The largest absolute Gasteiger partial charge is 0.325 e. The van der Waals surface area contributed by atoms with Crippen LogP contribution in [0.4, 0.5) is 14.5 Å². The van der Waals surface area contributed by atoms with Gasteiger partial charge in [0.05, 0.1) is 17.3 Å². The average Bonchev–Trinajstić information content (AvgIpc) is 3.54. The molecule has 9 nitrogen and oxygen atoms in total. The first kappa shape index (κ1) is 24.3. The van der Waals surface area contributed by atoms with E-state index in [9.17, 15) is 9.18 Å². The highest BCUT2D eigenvalue weighted by atomic mass is 19.1. The van der Waals surface area contributed by atoms with Gasteiger partial charge < -0.3 is 10.3 Å². The molecule has 0 saturated carbocycles. The van der Waals surface area contributed by atoms with E-state index >= 15 is 4.39 Å². The van der Waals surface area contributed by atoms with Crippen LogP contribution >= 0.6 is 0 Å². The Morgan fingerprint density at radius 3 is 2.59 bits per heavy atom. The Balaban J connectivity index is 1.41. The maximum Gasteiger partial charge on any atom is 0.224 e. The fraction of sp³-hybridized carbons (Fsp3) is 0.143. The third-order valence-electron chi connectivity index (χ3n) is 6.22. The highest BCUT2D eigenvalue weighted by molar-refractivity contribution is 5.97. The number of benzene rings is 1. The molecule has 1 aromatic carbocycles. The zero-order chi connectivity index (χ0) is 27.1. The van der Waals surface area contributed by atoms with Crippen LogP contribution in [-0.4, -0.2) is 41.0 Å². The van der Waals surface area contributed by atoms with E-state index in [1.54, 1.807) is 30.5 Å². The molecule has 0 spiro atoms. The Hall–Kier alpha value is -5.06.